The van der Waals surface area contributed by atoms with Gasteiger partial charge in [0.05, 0.1) is 18.8 Å². The van der Waals surface area contributed by atoms with Crippen molar-refractivity contribution >= 4 is 11.9 Å². The Kier molecular flexibility index (Phi) is 8.80. The fourth-order valence-corrected chi connectivity index (χ4v) is 3.84. The third-order valence-electron chi connectivity index (χ3n) is 5.34. The second kappa shape index (κ2) is 11.1. The summed E-state index contributed by atoms with van der Waals surface area (Å²) in [5, 5.41) is 0. The quantitative estimate of drug-likeness (QED) is 0.556. The molecule has 3 atom stereocenters. The number of esters is 2. The monoisotopic (exact) mass is 406 g/mol. The summed E-state index contributed by atoms with van der Waals surface area (Å²) in [5.74, 6) is 1.28. The van der Waals surface area contributed by atoms with Crippen molar-refractivity contribution in [2.75, 3.05) is 19.8 Å². The van der Waals surface area contributed by atoms with E-state index in [0.717, 1.165) is 19.3 Å². The average Bonchev–Trinajstić information content (AvgIpc) is 2.67. The van der Waals surface area contributed by atoms with E-state index in [1.807, 2.05) is 13.8 Å². The van der Waals surface area contributed by atoms with Crippen LogP contribution >= 0.6 is 0 Å². The molecule has 0 radical (unpaired) electrons. The van der Waals surface area contributed by atoms with Gasteiger partial charge in [-0.2, -0.15) is 0 Å². The van der Waals surface area contributed by atoms with Crippen molar-refractivity contribution in [3.63, 3.8) is 0 Å². The Morgan fingerprint density at radius 2 is 1.76 bits per heavy atom. The summed E-state index contributed by atoms with van der Waals surface area (Å²) in [4.78, 5) is 24.7. The number of ether oxygens (including phenoxy) is 4. The third kappa shape index (κ3) is 6.65. The van der Waals surface area contributed by atoms with Gasteiger partial charge in [0.2, 0.25) is 0 Å². The Morgan fingerprint density at radius 3 is 2.41 bits per heavy atom. The Labute approximate surface area is 173 Å². The van der Waals surface area contributed by atoms with E-state index in [1.165, 1.54) is 0 Å². The van der Waals surface area contributed by atoms with Crippen molar-refractivity contribution < 1.29 is 28.5 Å². The molecule has 1 aromatic carbocycles. The van der Waals surface area contributed by atoms with E-state index < -0.39 is 18.5 Å². The van der Waals surface area contributed by atoms with Crippen LogP contribution in [0.1, 0.15) is 64.2 Å². The molecule has 0 unspecified atom stereocenters. The van der Waals surface area contributed by atoms with Crippen LogP contribution in [0.4, 0.5) is 0 Å². The first-order valence-electron chi connectivity index (χ1n) is 10.6. The number of rotatable bonds is 9. The third-order valence-corrected chi connectivity index (χ3v) is 5.34. The van der Waals surface area contributed by atoms with Crippen LogP contribution in [0.2, 0.25) is 0 Å². The van der Waals surface area contributed by atoms with Crippen LogP contribution in [0.15, 0.2) is 18.2 Å². The lowest BCUT2D eigenvalue weighted by Crippen LogP contribution is -2.36. The first-order chi connectivity index (χ1) is 13.8. The average molecular weight is 407 g/mol. The van der Waals surface area contributed by atoms with Crippen LogP contribution in [0.5, 0.6) is 11.5 Å². The lowest BCUT2D eigenvalue weighted by Gasteiger charge is -2.36. The molecule has 162 valence electrons. The molecule has 6 heteroatoms. The van der Waals surface area contributed by atoms with E-state index in [1.54, 1.807) is 18.2 Å². The van der Waals surface area contributed by atoms with Crippen molar-refractivity contribution in [3.8, 4) is 11.5 Å². The molecule has 1 aliphatic carbocycles. The molecule has 1 saturated carbocycles. The van der Waals surface area contributed by atoms with E-state index in [0.29, 0.717) is 48.0 Å². The zero-order valence-corrected chi connectivity index (χ0v) is 18.2. The van der Waals surface area contributed by atoms with E-state index in [2.05, 4.69) is 20.8 Å². The number of hydrogen-bond acceptors (Lipinski definition) is 6. The molecule has 1 aromatic rings. The minimum Gasteiger partial charge on any atom is -0.490 e. The standard InChI is InChI=1S/C23H34O6/c1-6-26-19-11-9-17(13-21(19)27-7-2)23(25)28-14-22(24)29-20-12-16(5)8-10-18(20)15(3)4/h9,11,13,15-16,18,20H,6-8,10,12,14H2,1-5H3/t16-,18+,20+/m0/s1. The highest BCUT2D eigenvalue weighted by Crippen LogP contribution is 2.35. The van der Waals surface area contributed by atoms with Crippen molar-refractivity contribution in [3.05, 3.63) is 23.8 Å². The Balaban J connectivity index is 1.94. The fraction of sp³-hybridized carbons (Fsp3) is 0.652. The summed E-state index contributed by atoms with van der Waals surface area (Å²) in [6.07, 6.45) is 2.97. The summed E-state index contributed by atoms with van der Waals surface area (Å²) < 4.78 is 21.9. The Hall–Kier alpha value is -2.24. The summed E-state index contributed by atoms with van der Waals surface area (Å²) in [6.45, 7) is 10.8. The normalized spacial score (nSPS) is 21.5. The lowest BCUT2D eigenvalue weighted by molar-refractivity contribution is -0.159. The summed E-state index contributed by atoms with van der Waals surface area (Å²) in [7, 11) is 0. The molecule has 0 amide bonds. The lowest BCUT2D eigenvalue weighted by atomic mass is 9.75. The van der Waals surface area contributed by atoms with Gasteiger partial charge in [-0.3, -0.25) is 0 Å². The number of hydrogen-bond donors (Lipinski definition) is 0. The van der Waals surface area contributed by atoms with E-state index in [9.17, 15) is 9.59 Å². The molecule has 1 aliphatic rings. The van der Waals surface area contributed by atoms with Gasteiger partial charge in [-0.25, -0.2) is 9.59 Å². The summed E-state index contributed by atoms with van der Waals surface area (Å²) in [5.41, 5.74) is 0.302. The van der Waals surface area contributed by atoms with Crippen LogP contribution in [-0.2, 0) is 14.3 Å². The van der Waals surface area contributed by atoms with Gasteiger partial charge < -0.3 is 18.9 Å². The highest BCUT2D eigenvalue weighted by atomic mass is 16.6. The van der Waals surface area contributed by atoms with Crippen LogP contribution in [0.3, 0.4) is 0 Å². The first kappa shape index (κ1) is 23.0. The maximum Gasteiger partial charge on any atom is 0.344 e. The minimum atomic E-state index is -0.594. The molecule has 0 saturated heterocycles. The number of benzene rings is 1. The fourth-order valence-electron chi connectivity index (χ4n) is 3.84. The van der Waals surface area contributed by atoms with Gasteiger partial charge in [-0.15, -0.1) is 0 Å². The molecule has 0 bridgehead atoms. The van der Waals surface area contributed by atoms with Gasteiger partial charge in [0.15, 0.2) is 18.1 Å². The zero-order chi connectivity index (χ0) is 21.4. The van der Waals surface area contributed by atoms with Crippen molar-refractivity contribution in [2.24, 2.45) is 17.8 Å². The zero-order valence-electron chi connectivity index (χ0n) is 18.2. The molecular weight excluding hydrogens is 372 g/mol. The summed E-state index contributed by atoms with van der Waals surface area (Å²) in [6, 6.07) is 4.83. The SMILES string of the molecule is CCOc1ccc(C(=O)OCC(=O)O[C@@H]2C[C@@H](C)CC[C@@H]2C(C)C)cc1OCC. The predicted octanol–water partition coefficient (Wildman–Crippen LogP) is 4.64. The van der Waals surface area contributed by atoms with E-state index in [4.69, 9.17) is 18.9 Å². The van der Waals surface area contributed by atoms with Gasteiger partial charge in [-0.1, -0.05) is 27.2 Å². The molecular formula is C23H34O6. The Bertz CT molecular complexity index is 684. The minimum absolute atomic E-state index is 0.111. The van der Waals surface area contributed by atoms with Gasteiger partial charge in [0, 0.05) is 0 Å². The van der Waals surface area contributed by atoms with E-state index in [-0.39, 0.29) is 6.10 Å². The molecule has 0 heterocycles. The molecule has 0 aliphatic heterocycles. The number of carbonyl (C=O) groups excluding carboxylic acids is 2. The maximum absolute atomic E-state index is 12.4. The smallest absolute Gasteiger partial charge is 0.344 e. The van der Waals surface area contributed by atoms with E-state index >= 15 is 0 Å². The van der Waals surface area contributed by atoms with Crippen molar-refractivity contribution in [1.82, 2.24) is 0 Å². The van der Waals surface area contributed by atoms with Crippen LogP contribution < -0.4 is 9.47 Å². The van der Waals surface area contributed by atoms with Gasteiger partial charge >= 0.3 is 11.9 Å². The second-order valence-corrected chi connectivity index (χ2v) is 7.96. The second-order valence-electron chi connectivity index (χ2n) is 7.96. The van der Waals surface area contributed by atoms with Crippen molar-refractivity contribution in [1.29, 1.82) is 0 Å². The van der Waals surface area contributed by atoms with Gasteiger partial charge in [-0.05, 0) is 62.6 Å². The predicted molar refractivity (Wildman–Crippen MR) is 110 cm³/mol. The topological polar surface area (TPSA) is 71.1 Å². The van der Waals surface area contributed by atoms with Gasteiger partial charge in [0.1, 0.15) is 6.10 Å². The Morgan fingerprint density at radius 1 is 1.07 bits per heavy atom. The highest BCUT2D eigenvalue weighted by Gasteiger charge is 2.33. The van der Waals surface area contributed by atoms with Crippen molar-refractivity contribution in [2.45, 2.75) is 60.0 Å². The summed E-state index contributed by atoms with van der Waals surface area (Å²) >= 11 is 0. The molecule has 0 spiro atoms. The molecule has 2 rings (SSSR count). The maximum atomic E-state index is 12.4. The molecule has 6 nitrogen and oxygen atoms in total. The molecule has 29 heavy (non-hydrogen) atoms. The van der Waals surface area contributed by atoms with Gasteiger partial charge in [0.25, 0.3) is 0 Å². The first-order valence-corrected chi connectivity index (χ1v) is 10.6. The highest BCUT2D eigenvalue weighted by molar-refractivity contribution is 5.91. The van der Waals surface area contributed by atoms with Crippen LogP contribution in [-0.4, -0.2) is 37.9 Å². The molecule has 0 aromatic heterocycles. The molecule has 1 fully saturated rings. The van der Waals surface area contributed by atoms with Crippen LogP contribution in [0, 0.1) is 17.8 Å². The van der Waals surface area contributed by atoms with Crippen LogP contribution in [0.25, 0.3) is 0 Å². The molecule has 0 N–H and O–H groups in total. The number of carbonyl (C=O) groups is 2. The largest absolute Gasteiger partial charge is 0.490 e.